The van der Waals surface area contributed by atoms with Crippen LogP contribution in [-0.2, 0) is 12.1 Å². The van der Waals surface area contributed by atoms with Crippen LogP contribution < -0.4 is 10.2 Å². The molecule has 1 aliphatic heterocycles. The highest BCUT2D eigenvalue weighted by Crippen LogP contribution is 2.39. The third-order valence-electron chi connectivity index (χ3n) is 7.85. The van der Waals surface area contributed by atoms with E-state index >= 15 is 4.39 Å². The van der Waals surface area contributed by atoms with E-state index in [-0.39, 0.29) is 18.7 Å². The summed E-state index contributed by atoms with van der Waals surface area (Å²) in [5, 5.41) is 12.1. The van der Waals surface area contributed by atoms with Crippen LogP contribution in [0.4, 0.5) is 16.0 Å². The van der Waals surface area contributed by atoms with Gasteiger partial charge in [0.25, 0.3) is 5.91 Å². The fraction of sp³-hybridized carbons (Fsp3) is 0.424. The van der Waals surface area contributed by atoms with Crippen LogP contribution >= 0.6 is 0 Å². The van der Waals surface area contributed by atoms with E-state index in [0.717, 1.165) is 54.7 Å². The van der Waals surface area contributed by atoms with Gasteiger partial charge >= 0.3 is 0 Å². The van der Waals surface area contributed by atoms with E-state index in [1.807, 2.05) is 19.1 Å². The Morgan fingerprint density at radius 2 is 1.76 bits per heavy atom. The van der Waals surface area contributed by atoms with Crippen LogP contribution in [0, 0.1) is 18.3 Å². The highest BCUT2D eigenvalue weighted by atomic mass is 19.1. The molecule has 1 aliphatic rings. The number of alkyl halides is 1. The number of likely N-dealkylation sites (tertiary alicyclic amines) is 1. The molecule has 0 aliphatic carbocycles. The lowest BCUT2D eigenvalue weighted by molar-refractivity contribution is 0.0750. The standard InChI is InChI=1S/C33H40FN7O/c1-6-13-41(14-7-2)32-37-21-27(22-38-32)31(42)39-29-18-28(23(4)17-26(29)8-3)24(5)40-15-11-33(34,12-16-40)30-10-9-25(19-35)20-36-30/h9-10,17-18,20-22H,5-8,11-16H2,1-4H3,(H,39,42). The Balaban J connectivity index is 1.48. The lowest BCUT2D eigenvalue weighted by Crippen LogP contribution is -2.39. The van der Waals surface area contributed by atoms with E-state index in [1.54, 1.807) is 24.5 Å². The molecule has 1 fully saturated rings. The molecule has 3 aromatic rings. The highest BCUT2D eigenvalue weighted by molar-refractivity contribution is 6.04. The van der Waals surface area contributed by atoms with E-state index in [2.05, 4.69) is 63.5 Å². The summed E-state index contributed by atoms with van der Waals surface area (Å²) in [7, 11) is 0. The van der Waals surface area contributed by atoms with E-state index in [9.17, 15) is 4.79 Å². The zero-order chi connectivity index (χ0) is 30.3. The molecule has 3 heterocycles. The first-order chi connectivity index (χ1) is 20.2. The number of hydrogen-bond donors (Lipinski definition) is 1. The van der Waals surface area contributed by atoms with Crippen LogP contribution in [0.1, 0.15) is 84.8 Å². The first kappa shape index (κ1) is 30.6. The van der Waals surface area contributed by atoms with Crippen molar-refractivity contribution in [2.45, 2.75) is 65.5 Å². The number of aromatic nitrogens is 3. The lowest BCUT2D eigenvalue weighted by Gasteiger charge is -2.38. The van der Waals surface area contributed by atoms with Crippen molar-refractivity contribution in [3.63, 3.8) is 0 Å². The number of pyridine rings is 1. The summed E-state index contributed by atoms with van der Waals surface area (Å²) in [4.78, 5) is 30.6. The van der Waals surface area contributed by atoms with Crippen molar-refractivity contribution >= 4 is 23.2 Å². The van der Waals surface area contributed by atoms with Gasteiger partial charge < -0.3 is 15.1 Å². The summed E-state index contributed by atoms with van der Waals surface area (Å²) >= 11 is 0. The number of nitrogens with one attached hydrogen (secondary N) is 1. The average Bonchev–Trinajstić information content (AvgIpc) is 3.01. The molecule has 0 radical (unpaired) electrons. The van der Waals surface area contributed by atoms with Crippen LogP contribution in [0.2, 0.25) is 0 Å². The number of benzene rings is 1. The lowest BCUT2D eigenvalue weighted by atomic mass is 9.88. The fourth-order valence-electron chi connectivity index (χ4n) is 5.42. The zero-order valence-electron chi connectivity index (χ0n) is 25.1. The van der Waals surface area contributed by atoms with E-state index < -0.39 is 5.67 Å². The summed E-state index contributed by atoms with van der Waals surface area (Å²) < 4.78 is 15.8. The quantitative estimate of drug-likeness (QED) is 0.284. The van der Waals surface area contributed by atoms with Crippen LogP contribution in [0.15, 0.2) is 49.4 Å². The van der Waals surface area contributed by atoms with E-state index in [4.69, 9.17) is 5.26 Å². The largest absolute Gasteiger partial charge is 0.371 e. The fourth-order valence-corrected chi connectivity index (χ4v) is 5.42. The Hall–Kier alpha value is -4.32. The number of aryl methyl sites for hydroxylation is 2. The number of amides is 1. The molecular weight excluding hydrogens is 529 g/mol. The molecular formula is C33H40FN7O. The molecule has 1 saturated heterocycles. The molecule has 0 bridgehead atoms. The normalized spacial score (nSPS) is 14.2. The summed E-state index contributed by atoms with van der Waals surface area (Å²) in [6.45, 7) is 15.4. The number of piperidine rings is 1. The van der Waals surface area contributed by atoms with Gasteiger partial charge in [0, 0.05) is 74.6 Å². The number of carbonyl (C=O) groups excluding carboxylic acids is 1. The number of halogens is 1. The topological polar surface area (TPSA) is 98.0 Å². The molecule has 220 valence electrons. The molecule has 0 unspecified atom stereocenters. The molecule has 0 spiro atoms. The Morgan fingerprint density at radius 1 is 1.10 bits per heavy atom. The Labute approximate surface area is 248 Å². The summed E-state index contributed by atoms with van der Waals surface area (Å²) in [6.07, 6.45) is 7.84. The second-order valence-electron chi connectivity index (χ2n) is 10.8. The van der Waals surface area contributed by atoms with Crippen LogP contribution in [-0.4, -0.2) is 51.9 Å². The first-order valence-electron chi connectivity index (χ1n) is 14.7. The van der Waals surface area contributed by atoms with Gasteiger partial charge in [-0.1, -0.05) is 33.4 Å². The van der Waals surface area contributed by atoms with Gasteiger partial charge in [0.05, 0.1) is 16.8 Å². The highest BCUT2D eigenvalue weighted by Gasteiger charge is 2.38. The molecule has 2 aromatic heterocycles. The molecule has 0 atom stereocenters. The number of carbonyl (C=O) groups is 1. The van der Waals surface area contributed by atoms with Crippen molar-refractivity contribution < 1.29 is 9.18 Å². The summed E-state index contributed by atoms with van der Waals surface area (Å²) in [5.74, 6) is 0.358. The smallest absolute Gasteiger partial charge is 0.258 e. The minimum atomic E-state index is -1.55. The minimum Gasteiger partial charge on any atom is -0.371 e. The summed E-state index contributed by atoms with van der Waals surface area (Å²) in [6, 6.07) is 9.28. The predicted octanol–water partition coefficient (Wildman–Crippen LogP) is 6.42. The van der Waals surface area contributed by atoms with Crippen LogP contribution in [0.3, 0.4) is 0 Å². The molecule has 4 rings (SSSR count). The number of nitriles is 1. The molecule has 8 nitrogen and oxygen atoms in total. The second-order valence-corrected chi connectivity index (χ2v) is 10.8. The molecule has 1 aromatic carbocycles. The van der Waals surface area contributed by atoms with Gasteiger partial charge in [0.2, 0.25) is 5.95 Å². The average molecular weight is 570 g/mol. The van der Waals surface area contributed by atoms with Gasteiger partial charge in [-0.3, -0.25) is 9.78 Å². The van der Waals surface area contributed by atoms with Crippen LogP contribution in [0.5, 0.6) is 0 Å². The molecule has 42 heavy (non-hydrogen) atoms. The molecule has 1 N–H and O–H groups in total. The van der Waals surface area contributed by atoms with E-state index in [1.165, 1.54) is 6.20 Å². The van der Waals surface area contributed by atoms with Crippen molar-refractivity contribution in [1.29, 1.82) is 5.26 Å². The van der Waals surface area contributed by atoms with Gasteiger partial charge in [-0.15, -0.1) is 0 Å². The maximum absolute atomic E-state index is 15.8. The van der Waals surface area contributed by atoms with Crippen molar-refractivity contribution in [3.8, 4) is 6.07 Å². The number of anilines is 2. The number of hydrogen-bond acceptors (Lipinski definition) is 7. The van der Waals surface area contributed by atoms with Crippen molar-refractivity contribution in [2.24, 2.45) is 0 Å². The predicted molar refractivity (Wildman–Crippen MR) is 165 cm³/mol. The van der Waals surface area contributed by atoms with Gasteiger partial charge in [-0.2, -0.15) is 5.26 Å². The van der Waals surface area contributed by atoms with Crippen molar-refractivity contribution in [1.82, 2.24) is 19.9 Å². The monoisotopic (exact) mass is 569 g/mol. The SMILES string of the molecule is C=C(c1cc(NC(=O)c2cnc(N(CCC)CCC)nc2)c(CC)cc1C)N1CCC(F)(c2ccc(C#N)cn2)CC1. The van der Waals surface area contributed by atoms with Gasteiger partial charge in [-0.05, 0) is 55.5 Å². The maximum atomic E-state index is 15.8. The third kappa shape index (κ3) is 6.76. The third-order valence-corrected chi connectivity index (χ3v) is 7.85. The van der Waals surface area contributed by atoms with Crippen molar-refractivity contribution in [3.05, 3.63) is 82.9 Å². The van der Waals surface area contributed by atoms with Gasteiger partial charge in [0.1, 0.15) is 6.07 Å². The van der Waals surface area contributed by atoms with Crippen molar-refractivity contribution in [2.75, 3.05) is 36.4 Å². The molecule has 1 amide bonds. The number of rotatable bonds is 11. The molecule has 9 heteroatoms. The minimum absolute atomic E-state index is 0.268. The van der Waals surface area contributed by atoms with E-state index in [0.29, 0.717) is 41.5 Å². The summed E-state index contributed by atoms with van der Waals surface area (Å²) in [5.41, 5.74) is 4.09. The Kier molecular flexibility index (Phi) is 9.89. The maximum Gasteiger partial charge on any atom is 0.258 e. The zero-order valence-corrected chi connectivity index (χ0v) is 25.1. The Morgan fingerprint density at radius 3 is 2.31 bits per heavy atom. The second kappa shape index (κ2) is 13.6. The van der Waals surface area contributed by atoms with Crippen LogP contribution in [0.25, 0.3) is 5.70 Å². The van der Waals surface area contributed by atoms with Gasteiger partial charge in [0.15, 0.2) is 5.67 Å². The Bertz CT molecular complexity index is 1430. The molecule has 0 saturated carbocycles. The van der Waals surface area contributed by atoms with Gasteiger partial charge in [-0.25, -0.2) is 14.4 Å². The number of nitrogens with zero attached hydrogens (tertiary/aromatic N) is 6. The first-order valence-corrected chi connectivity index (χ1v) is 14.7.